The highest BCUT2D eigenvalue weighted by molar-refractivity contribution is 7.91. The molecule has 158 valence electrons. The molecule has 0 bridgehead atoms. The molecule has 2 rings (SSSR count). The summed E-state index contributed by atoms with van der Waals surface area (Å²) in [5, 5.41) is 12.0. The van der Waals surface area contributed by atoms with Crippen LogP contribution in [0.1, 0.15) is 5.56 Å². The maximum atomic E-state index is 13.3. The predicted octanol–water partition coefficient (Wildman–Crippen LogP) is 0.749. The van der Waals surface area contributed by atoms with Crippen molar-refractivity contribution in [2.24, 2.45) is 0 Å². The topological polar surface area (TPSA) is 132 Å². The van der Waals surface area contributed by atoms with Crippen molar-refractivity contribution in [2.45, 2.75) is 20.9 Å². The molecule has 0 atom stereocenters. The smallest absolute Gasteiger partial charge is 0.417 e. The molecule has 2 aromatic rings. The van der Waals surface area contributed by atoms with E-state index in [0.717, 1.165) is 0 Å². The van der Waals surface area contributed by atoms with Crippen LogP contribution in [0.15, 0.2) is 63.2 Å². The summed E-state index contributed by atoms with van der Waals surface area (Å²) in [5.41, 5.74) is -1.56. The van der Waals surface area contributed by atoms with E-state index in [1.165, 1.54) is 30.3 Å². The fraction of sp³-hybridized carbons (Fsp3) is 0.188. The van der Waals surface area contributed by atoms with Gasteiger partial charge in [-0.2, -0.15) is 13.2 Å². The van der Waals surface area contributed by atoms with Crippen molar-refractivity contribution in [3.8, 4) is 0 Å². The van der Waals surface area contributed by atoms with E-state index < -0.39 is 60.6 Å². The molecular formula is C16H14F3N2O6S2-. The van der Waals surface area contributed by atoms with Crippen molar-refractivity contribution in [3.05, 3.63) is 54.1 Å². The quantitative estimate of drug-likeness (QED) is 0.597. The second kappa shape index (κ2) is 8.39. The lowest BCUT2D eigenvalue weighted by molar-refractivity contribution is -0.250. The molecule has 0 aliphatic carbocycles. The molecule has 8 nitrogen and oxygen atoms in total. The van der Waals surface area contributed by atoms with Gasteiger partial charge >= 0.3 is 6.18 Å². The molecule has 2 N–H and O–H groups in total. The molecule has 13 heteroatoms. The van der Waals surface area contributed by atoms with Crippen molar-refractivity contribution >= 4 is 26.0 Å². The zero-order valence-electron chi connectivity index (χ0n) is 14.4. The Labute approximate surface area is 164 Å². The lowest BCUT2D eigenvalue weighted by Gasteiger charge is -2.16. The molecule has 0 radical (unpaired) electrons. The van der Waals surface area contributed by atoms with E-state index in [-0.39, 0.29) is 4.90 Å². The van der Waals surface area contributed by atoms with E-state index in [9.17, 15) is 39.9 Å². The fourth-order valence-electron chi connectivity index (χ4n) is 2.29. The van der Waals surface area contributed by atoms with Gasteiger partial charge in [-0.3, -0.25) is 0 Å². The maximum absolute atomic E-state index is 13.3. The first-order chi connectivity index (χ1) is 13.4. The van der Waals surface area contributed by atoms with Crippen LogP contribution < -0.4 is 15.1 Å². The van der Waals surface area contributed by atoms with Gasteiger partial charge in [0.15, 0.2) is 0 Å². The molecule has 0 aromatic heterocycles. The average molecular weight is 451 g/mol. The lowest BCUT2D eigenvalue weighted by Crippen LogP contribution is -2.41. The molecule has 0 fully saturated rings. The van der Waals surface area contributed by atoms with Crippen molar-refractivity contribution in [1.82, 2.24) is 10.0 Å². The molecular weight excluding hydrogens is 437 g/mol. The molecule has 0 aliphatic rings. The number of hydrogen-bond acceptors (Lipinski definition) is 6. The number of halogens is 3. The van der Waals surface area contributed by atoms with Crippen molar-refractivity contribution < 1.29 is 39.9 Å². The van der Waals surface area contributed by atoms with Crippen molar-refractivity contribution in [2.75, 3.05) is 13.1 Å². The molecule has 2 aromatic carbocycles. The van der Waals surface area contributed by atoms with Crippen LogP contribution in [0.5, 0.6) is 0 Å². The number of carbonyl (C=O) groups is 1. The number of sulfone groups is 1. The number of carbonyl (C=O) groups excluding carboxylic acids is 1. The summed E-state index contributed by atoms with van der Waals surface area (Å²) in [6, 6.07) is 8.22. The van der Waals surface area contributed by atoms with E-state index in [2.05, 4.69) is 0 Å². The van der Waals surface area contributed by atoms with Crippen LogP contribution in [-0.4, -0.2) is 36.0 Å². The normalized spacial score (nSPS) is 12.5. The minimum atomic E-state index is -5.08. The lowest BCUT2D eigenvalue weighted by atomic mass is 10.2. The van der Waals surface area contributed by atoms with E-state index in [1.54, 1.807) is 10.0 Å². The number of amides is 1. The molecule has 0 spiro atoms. The monoisotopic (exact) mass is 451 g/mol. The highest BCUT2D eigenvalue weighted by Gasteiger charge is 2.38. The van der Waals surface area contributed by atoms with Gasteiger partial charge in [-0.25, -0.2) is 21.6 Å². The van der Waals surface area contributed by atoms with Crippen LogP contribution in [0.25, 0.3) is 0 Å². The van der Waals surface area contributed by atoms with E-state index >= 15 is 0 Å². The highest BCUT2D eigenvalue weighted by Crippen LogP contribution is 2.36. The summed E-state index contributed by atoms with van der Waals surface area (Å²) in [6.07, 6.45) is -6.78. The molecule has 0 heterocycles. The molecule has 0 unspecified atom stereocenters. The van der Waals surface area contributed by atoms with E-state index in [0.29, 0.717) is 18.2 Å². The summed E-state index contributed by atoms with van der Waals surface area (Å²) in [4.78, 5) is 8.08. The number of hydrogen-bond donors (Lipinski definition) is 2. The van der Waals surface area contributed by atoms with Crippen molar-refractivity contribution in [1.29, 1.82) is 0 Å². The zero-order chi connectivity index (χ0) is 21.9. The number of carboxylic acid groups (broad SMARTS) is 1. The standard InChI is InChI=1S/C16H15F3N2O6S2/c17-16(18,19)13-7-6-12(28(24,25)11-4-2-1-3-5-11)10-14(13)29(26,27)21-9-8-20-15(22)23/h1-7,10,20-21H,8-9H2,(H,22,23)/p-1. The highest BCUT2D eigenvalue weighted by atomic mass is 32.2. The Hall–Kier alpha value is -2.64. The maximum Gasteiger partial charge on any atom is 0.417 e. The van der Waals surface area contributed by atoms with Gasteiger partial charge in [0.25, 0.3) is 0 Å². The van der Waals surface area contributed by atoms with Gasteiger partial charge in [-0.1, -0.05) is 18.2 Å². The Morgan fingerprint density at radius 2 is 1.55 bits per heavy atom. The zero-order valence-corrected chi connectivity index (χ0v) is 16.1. The van der Waals surface area contributed by atoms with Crippen LogP contribution in [0, 0.1) is 0 Å². The van der Waals surface area contributed by atoms with Crippen LogP contribution in [0.3, 0.4) is 0 Å². The van der Waals surface area contributed by atoms with Gasteiger partial charge in [-0.05, 0) is 30.3 Å². The van der Waals surface area contributed by atoms with Gasteiger partial charge in [-0.15, -0.1) is 0 Å². The summed E-state index contributed by atoms with van der Waals surface area (Å²) < 4.78 is 91.6. The van der Waals surface area contributed by atoms with Crippen LogP contribution in [0.4, 0.5) is 18.0 Å². The fourth-order valence-corrected chi connectivity index (χ4v) is 4.95. The summed E-state index contributed by atoms with van der Waals surface area (Å²) in [5.74, 6) is 0. The van der Waals surface area contributed by atoms with Crippen molar-refractivity contribution in [3.63, 3.8) is 0 Å². The molecule has 1 amide bonds. The second-order valence-corrected chi connectivity index (χ2v) is 9.27. The Bertz CT molecular complexity index is 1100. The minimum absolute atomic E-state index is 0.228. The first-order valence-corrected chi connectivity index (χ1v) is 10.8. The first kappa shape index (κ1) is 22.6. The average Bonchev–Trinajstić information content (AvgIpc) is 2.64. The van der Waals surface area contributed by atoms with Gasteiger partial charge < -0.3 is 15.2 Å². The molecule has 29 heavy (non-hydrogen) atoms. The number of benzene rings is 2. The third-order valence-electron chi connectivity index (χ3n) is 3.60. The van der Waals surface area contributed by atoms with Gasteiger partial charge in [0.2, 0.25) is 19.9 Å². The number of rotatable bonds is 7. The Kier molecular flexibility index (Phi) is 6.55. The molecule has 0 saturated carbocycles. The third-order valence-corrected chi connectivity index (χ3v) is 6.87. The van der Waals surface area contributed by atoms with E-state index in [4.69, 9.17) is 0 Å². The number of sulfonamides is 1. The van der Waals surface area contributed by atoms with Crippen LogP contribution in [-0.2, 0) is 26.0 Å². The summed E-state index contributed by atoms with van der Waals surface area (Å²) in [7, 11) is -9.10. The first-order valence-electron chi connectivity index (χ1n) is 7.81. The van der Waals surface area contributed by atoms with E-state index in [1.807, 2.05) is 0 Å². The summed E-state index contributed by atoms with van der Waals surface area (Å²) >= 11 is 0. The minimum Gasteiger partial charge on any atom is -0.530 e. The van der Waals surface area contributed by atoms with Crippen LogP contribution in [0.2, 0.25) is 0 Å². The van der Waals surface area contributed by atoms with Gasteiger partial charge in [0, 0.05) is 13.1 Å². The Morgan fingerprint density at radius 1 is 0.931 bits per heavy atom. The van der Waals surface area contributed by atoms with Gasteiger partial charge in [0.1, 0.15) is 6.09 Å². The number of nitrogens with one attached hydrogen (secondary N) is 2. The molecule has 0 saturated heterocycles. The SMILES string of the molecule is O=C([O-])NCCNS(=O)(=O)c1cc(S(=O)(=O)c2ccccc2)ccc1C(F)(F)F. The second-order valence-electron chi connectivity index (χ2n) is 5.58. The largest absolute Gasteiger partial charge is 0.530 e. The van der Waals surface area contributed by atoms with Gasteiger partial charge in [0.05, 0.1) is 20.2 Å². The summed E-state index contributed by atoms with van der Waals surface area (Å²) in [6.45, 7) is -1.05. The molecule has 0 aliphatic heterocycles. The van der Waals surface area contributed by atoms with Crippen LogP contribution >= 0.6 is 0 Å². The Balaban J connectivity index is 2.52. The number of alkyl halides is 3. The Morgan fingerprint density at radius 3 is 2.10 bits per heavy atom. The predicted molar refractivity (Wildman–Crippen MR) is 91.9 cm³/mol. The third kappa shape index (κ3) is 5.46.